The number of methoxy groups -OCH3 is 1. The number of rotatable bonds is 1. The van der Waals surface area contributed by atoms with Crippen LogP contribution in [0.15, 0.2) is 30.7 Å². The second-order valence-corrected chi connectivity index (χ2v) is 3.31. The standard InChI is InChI=1S/C11H9N3O/c1-15-10-4-7-2-3-9-8(11(7)14-10)5-12-6-13-9/h2-6H,1H3,(H,12,13). The molecule has 0 fully saturated rings. The summed E-state index contributed by atoms with van der Waals surface area (Å²) in [5.41, 5.74) is 1.95. The highest BCUT2D eigenvalue weighted by molar-refractivity contribution is 6.04. The molecule has 74 valence electrons. The Labute approximate surface area is 85.9 Å². The predicted octanol–water partition coefficient (Wildman–Crippen LogP) is 2.12. The van der Waals surface area contributed by atoms with Gasteiger partial charge >= 0.3 is 0 Å². The molecule has 2 aromatic heterocycles. The lowest BCUT2D eigenvalue weighted by molar-refractivity contribution is 0.401. The van der Waals surface area contributed by atoms with E-state index in [-0.39, 0.29) is 0 Å². The second-order valence-electron chi connectivity index (χ2n) is 3.31. The molecule has 15 heavy (non-hydrogen) atoms. The van der Waals surface area contributed by atoms with Crippen molar-refractivity contribution in [2.24, 2.45) is 0 Å². The fourth-order valence-corrected chi connectivity index (χ4v) is 1.72. The highest BCUT2D eigenvalue weighted by atomic mass is 16.5. The van der Waals surface area contributed by atoms with E-state index in [0.717, 1.165) is 21.8 Å². The van der Waals surface area contributed by atoms with Crippen molar-refractivity contribution >= 4 is 21.8 Å². The number of nitrogens with zero attached hydrogens (tertiary/aromatic N) is 2. The number of ether oxygens (including phenoxy) is 1. The molecule has 1 N–H and O–H groups in total. The van der Waals surface area contributed by atoms with Crippen LogP contribution in [0.5, 0.6) is 5.88 Å². The lowest BCUT2D eigenvalue weighted by Crippen LogP contribution is -1.82. The summed E-state index contributed by atoms with van der Waals surface area (Å²) in [6.45, 7) is 0. The van der Waals surface area contributed by atoms with E-state index >= 15 is 0 Å². The van der Waals surface area contributed by atoms with Crippen LogP contribution in [0.2, 0.25) is 0 Å². The molecule has 4 nitrogen and oxygen atoms in total. The first-order chi connectivity index (χ1) is 7.38. The average Bonchev–Trinajstić information content (AvgIpc) is 2.72. The molecule has 1 aromatic carbocycles. The van der Waals surface area contributed by atoms with Crippen LogP contribution in [0, 0.1) is 0 Å². The Morgan fingerprint density at radius 3 is 3.13 bits per heavy atom. The number of fused-ring (bicyclic) bond motifs is 3. The van der Waals surface area contributed by atoms with Crippen LogP contribution in [0.3, 0.4) is 0 Å². The molecule has 0 radical (unpaired) electrons. The first kappa shape index (κ1) is 8.23. The summed E-state index contributed by atoms with van der Waals surface area (Å²) in [7, 11) is 1.62. The number of aromatic nitrogens is 3. The molecule has 0 spiro atoms. The van der Waals surface area contributed by atoms with Gasteiger partial charge in [0.15, 0.2) is 0 Å². The van der Waals surface area contributed by atoms with Crippen LogP contribution in [-0.4, -0.2) is 22.1 Å². The predicted molar refractivity (Wildman–Crippen MR) is 57.9 cm³/mol. The van der Waals surface area contributed by atoms with Gasteiger partial charge in [0.1, 0.15) is 0 Å². The zero-order valence-corrected chi connectivity index (χ0v) is 8.19. The Hall–Kier alpha value is -2.10. The van der Waals surface area contributed by atoms with E-state index in [0.29, 0.717) is 5.88 Å². The van der Waals surface area contributed by atoms with Crippen molar-refractivity contribution in [3.05, 3.63) is 30.7 Å². The molecule has 2 heterocycles. The van der Waals surface area contributed by atoms with Crippen LogP contribution in [-0.2, 0) is 0 Å². The maximum atomic E-state index is 5.11. The molecule has 0 bridgehead atoms. The Bertz CT molecular complexity index is 630. The zero-order valence-electron chi connectivity index (χ0n) is 8.19. The van der Waals surface area contributed by atoms with Gasteiger partial charge in [0.05, 0.1) is 24.5 Å². The van der Waals surface area contributed by atoms with Gasteiger partial charge in [-0.2, -0.15) is 0 Å². The van der Waals surface area contributed by atoms with Gasteiger partial charge in [-0.3, -0.25) is 0 Å². The van der Waals surface area contributed by atoms with Crippen molar-refractivity contribution in [1.82, 2.24) is 15.0 Å². The minimum Gasteiger partial charge on any atom is -0.481 e. The van der Waals surface area contributed by atoms with Crippen molar-refractivity contribution < 1.29 is 4.74 Å². The van der Waals surface area contributed by atoms with E-state index in [1.807, 2.05) is 18.2 Å². The van der Waals surface area contributed by atoms with E-state index in [2.05, 4.69) is 15.0 Å². The summed E-state index contributed by atoms with van der Waals surface area (Å²) < 4.78 is 5.11. The van der Waals surface area contributed by atoms with Gasteiger partial charge in [-0.1, -0.05) is 6.07 Å². The minimum atomic E-state index is 0.640. The molecule has 0 aliphatic rings. The van der Waals surface area contributed by atoms with E-state index in [4.69, 9.17) is 4.74 Å². The summed E-state index contributed by atoms with van der Waals surface area (Å²) >= 11 is 0. The van der Waals surface area contributed by atoms with Crippen LogP contribution in [0.4, 0.5) is 0 Å². The summed E-state index contributed by atoms with van der Waals surface area (Å²) in [6, 6.07) is 5.95. The third-order valence-corrected chi connectivity index (χ3v) is 2.46. The SMILES string of the molecule is COc1cc2ccc3[nH]cncc3c2n1. The highest BCUT2D eigenvalue weighted by Crippen LogP contribution is 2.26. The molecule has 0 unspecified atom stereocenters. The maximum absolute atomic E-state index is 5.11. The lowest BCUT2D eigenvalue weighted by atomic mass is 10.2. The van der Waals surface area contributed by atoms with Crippen molar-refractivity contribution in [2.75, 3.05) is 7.11 Å². The molecule has 0 atom stereocenters. The molecular formula is C11H9N3O. The second kappa shape index (κ2) is 2.95. The fraction of sp³-hybridized carbons (Fsp3) is 0.0909. The number of H-pyrrole nitrogens is 1. The Balaban J connectivity index is 2.47. The lowest BCUT2D eigenvalue weighted by Gasteiger charge is -1.96. The zero-order chi connectivity index (χ0) is 10.3. The summed E-state index contributed by atoms with van der Waals surface area (Å²) in [5, 5.41) is 2.08. The number of hydrogen-bond donors (Lipinski definition) is 1. The fourth-order valence-electron chi connectivity index (χ4n) is 1.72. The molecule has 0 amide bonds. The van der Waals surface area contributed by atoms with Crippen LogP contribution < -0.4 is 4.74 Å². The quantitative estimate of drug-likeness (QED) is 0.653. The van der Waals surface area contributed by atoms with E-state index in [1.54, 1.807) is 19.6 Å². The van der Waals surface area contributed by atoms with E-state index in [1.165, 1.54) is 0 Å². The van der Waals surface area contributed by atoms with Gasteiger partial charge in [-0.25, -0.2) is 9.97 Å². The number of nitrogens with one attached hydrogen (secondary N) is 1. The monoisotopic (exact) mass is 199 g/mol. The van der Waals surface area contributed by atoms with Crippen molar-refractivity contribution in [1.29, 1.82) is 0 Å². The third-order valence-electron chi connectivity index (χ3n) is 2.46. The third kappa shape index (κ3) is 1.15. The minimum absolute atomic E-state index is 0.640. The number of aromatic amines is 1. The number of hydrogen-bond acceptors (Lipinski definition) is 3. The molecule has 0 aliphatic heterocycles. The van der Waals surface area contributed by atoms with E-state index in [9.17, 15) is 0 Å². The molecule has 0 saturated carbocycles. The van der Waals surface area contributed by atoms with Crippen LogP contribution in [0.1, 0.15) is 0 Å². The Kier molecular flexibility index (Phi) is 1.62. The van der Waals surface area contributed by atoms with Crippen molar-refractivity contribution in [3.63, 3.8) is 0 Å². The Morgan fingerprint density at radius 1 is 1.33 bits per heavy atom. The number of benzene rings is 1. The topological polar surface area (TPSA) is 50.8 Å². The largest absolute Gasteiger partial charge is 0.481 e. The molecule has 0 saturated heterocycles. The summed E-state index contributed by atoms with van der Waals surface area (Å²) in [5.74, 6) is 0.640. The highest BCUT2D eigenvalue weighted by Gasteiger charge is 2.06. The smallest absolute Gasteiger partial charge is 0.214 e. The first-order valence-electron chi connectivity index (χ1n) is 4.64. The molecular weight excluding hydrogens is 190 g/mol. The normalized spacial score (nSPS) is 11.0. The first-order valence-corrected chi connectivity index (χ1v) is 4.64. The van der Waals surface area contributed by atoms with Gasteiger partial charge in [-0.15, -0.1) is 0 Å². The van der Waals surface area contributed by atoms with Gasteiger partial charge in [0.2, 0.25) is 5.88 Å². The van der Waals surface area contributed by atoms with Crippen molar-refractivity contribution in [3.8, 4) is 5.88 Å². The molecule has 4 heteroatoms. The maximum Gasteiger partial charge on any atom is 0.214 e. The van der Waals surface area contributed by atoms with Gasteiger partial charge in [0.25, 0.3) is 0 Å². The summed E-state index contributed by atoms with van der Waals surface area (Å²) in [6.07, 6.45) is 3.47. The van der Waals surface area contributed by atoms with Gasteiger partial charge in [-0.05, 0) is 6.07 Å². The molecule has 3 aromatic rings. The molecule has 3 rings (SSSR count). The summed E-state index contributed by atoms with van der Waals surface area (Å²) in [4.78, 5) is 11.5. The van der Waals surface area contributed by atoms with Crippen molar-refractivity contribution in [2.45, 2.75) is 0 Å². The van der Waals surface area contributed by atoms with Crippen LogP contribution in [0.25, 0.3) is 21.8 Å². The Morgan fingerprint density at radius 2 is 2.27 bits per heavy atom. The van der Waals surface area contributed by atoms with Crippen LogP contribution >= 0.6 is 0 Å². The van der Waals surface area contributed by atoms with Gasteiger partial charge < -0.3 is 9.72 Å². The van der Waals surface area contributed by atoms with Gasteiger partial charge in [0, 0.05) is 23.0 Å². The average molecular weight is 199 g/mol. The molecule has 0 aliphatic carbocycles. The van der Waals surface area contributed by atoms with E-state index < -0.39 is 0 Å².